The van der Waals surface area contributed by atoms with Gasteiger partial charge in [-0.3, -0.25) is 19.3 Å². The highest BCUT2D eigenvalue weighted by Crippen LogP contribution is 2.44. The smallest absolute Gasteiger partial charge is 0.311 e. The summed E-state index contributed by atoms with van der Waals surface area (Å²) in [4.78, 5) is 32.5. The Bertz CT molecular complexity index is 869. The van der Waals surface area contributed by atoms with Crippen LogP contribution in [0.1, 0.15) is 24.8 Å². The van der Waals surface area contributed by atoms with Crippen LogP contribution in [0.3, 0.4) is 0 Å². The normalized spacial score (nSPS) is 21.7. The van der Waals surface area contributed by atoms with Crippen LogP contribution < -0.4 is 0 Å². The topological polar surface area (TPSA) is 72.2 Å². The van der Waals surface area contributed by atoms with Crippen molar-refractivity contribution in [3.05, 3.63) is 48.2 Å². The molecule has 1 aromatic carbocycles. The monoisotopic (exact) mass is 398 g/mol. The average molecular weight is 398 g/mol. The second-order valence-electron chi connectivity index (χ2n) is 7.66. The van der Waals surface area contributed by atoms with E-state index in [4.69, 9.17) is 14.0 Å². The first-order valence-corrected chi connectivity index (χ1v) is 9.88. The summed E-state index contributed by atoms with van der Waals surface area (Å²) < 4.78 is 10.6. The molecular weight excluding hydrogens is 372 g/mol. The number of benzene rings is 1. The van der Waals surface area contributed by atoms with Gasteiger partial charge in [-0.1, -0.05) is 24.3 Å². The largest absolute Gasteiger partial charge is 0.469 e. The molecule has 7 heteroatoms. The molecular formula is C22H26N2O5. The fourth-order valence-corrected chi connectivity index (χ4v) is 4.79. The molecule has 1 unspecified atom stereocenters. The molecule has 29 heavy (non-hydrogen) atoms. The van der Waals surface area contributed by atoms with E-state index in [1.54, 1.807) is 6.26 Å². The highest BCUT2D eigenvalue weighted by molar-refractivity contribution is 5.88. The van der Waals surface area contributed by atoms with Crippen molar-refractivity contribution in [2.75, 3.05) is 27.3 Å². The molecule has 4 rings (SSSR count). The number of rotatable bonds is 5. The zero-order valence-electron chi connectivity index (χ0n) is 16.8. The number of hydrogen-bond donors (Lipinski definition) is 0. The van der Waals surface area contributed by atoms with Gasteiger partial charge in [0.1, 0.15) is 5.76 Å². The quantitative estimate of drug-likeness (QED) is 0.722. The first-order chi connectivity index (χ1) is 14.1. The minimum absolute atomic E-state index is 0.141. The number of nitrogens with zero attached hydrogens (tertiary/aromatic N) is 2. The van der Waals surface area contributed by atoms with Crippen LogP contribution in [0.15, 0.2) is 47.1 Å². The van der Waals surface area contributed by atoms with Crippen molar-refractivity contribution < 1.29 is 23.6 Å². The molecule has 2 aliphatic heterocycles. The Hall–Kier alpha value is -2.64. The van der Waals surface area contributed by atoms with E-state index in [1.165, 1.54) is 24.8 Å². The van der Waals surface area contributed by atoms with Crippen molar-refractivity contribution in [1.29, 1.82) is 0 Å². The molecule has 3 heterocycles. The van der Waals surface area contributed by atoms with Crippen LogP contribution in [0.2, 0.25) is 0 Å². The van der Waals surface area contributed by atoms with Gasteiger partial charge in [0.2, 0.25) is 5.91 Å². The molecule has 2 aliphatic rings. The Labute approximate surface area is 170 Å². The number of esters is 1. The van der Waals surface area contributed by atoms with E-state index in [0.717, 1.165) is 31.0 Å². The van der Waals surface area contributed by atoms with Crippen LogP contribution in [-0.2, 0) is 25.7 Å². The molecule has 0 bridgehead atoms. The lowest BCUT2D eigenvalue weighted by Gasteiger charge is -2.45. The number of hydrogen-bond acceptors (Lipinski definition) is 6. The Morgan fingerprint density at radius 1 is 1.17 bits per heavy atom. The number of likely N-dealkylation sites (tertiary alicyclic amines) is 1. The average Bonchev–Trinajstić information content (AvgIpc) is 3.36. The zero-order valence-corrected chi connectivity index (χ0v) is 16.8. The molecule has 2 fully saturated rings. The summed E-state index contributed by atoms with van der Waals surface area (Å²) in [6, 6.07) is 12.1. The van der Waals surface area contributed by atoms with E-state index in [0.29, 0.717) is 12.8 Å². The zero-order chi connectivity index (χ0) is 20.4. The predicted octanol–water partition coefficient (Wildman–Crippen LogP) is 2.86. The molecule has 7 nitrogen and oxygen atoms in total. The number of carbonyl (C=O) groups excluding carboxylic acids is 2. The molecule has 1 aromatic heterocycles. The number of amides is 1. The molecule has 0 saturated carbocycles. The summed E-state index contributed by atoms with van der Waals surface area (Å²) in [5.41, 5.74) is 1.64. The summed E-state index contributed by atoms with van der Waals surface area (Å²) in [7, 11) is 2.86. The van der Waals surface area contributed by atoms with Gasteiger partial charge in [0.25, 0.3) is 0 Å². The maximum Gasteiger partial charge on any atom is 0.311 e. The van der Waals surface area contributed by atoms with Gasteiger partial charge in [0.05, 0.1) is 31.9 Å². The van der Waals surface area contributed by atoms with Gasteiger partial charge in [0.15, 0.2) is 0 Å². The Kier molecular flexibility index (Phi) is 5.43. The van der Waals surface area contributed by atoms with E-state index < -0.39 is 11.5 Å². The highest BCUT2D eigenvalue weighted by Gasteiger charge is 2.58. The van der Waals surface area contributed by atoms with Crippen molar-refractivity contribution in [3.63, 3.8) is 0 Å². The third kappa shape index (κ3) is 3.45. The number of ether oxygens (including phenoxy) is 1. The maximum absolute atomic E-state index is 12.4. The van der Waals surface area contributed by atoms with Crippen LogP contribution in [-0.4, -0.2) is 54.7 Å². The SMILES string of the molecule is COC(=O)C1CC(=O)N(OC)C12CCN(Cc1ccccc1-c1ccco1)CC2. The molecule has 0 N–H and O–H groups in total. The van der Waals surface area contributed by atoms with Gasteiger partial charge in [-0.05, 0) is 30.5 Å². The van der Waals surface area contributed by atoms with Gasteiger partial charge in [0, 0.05) is 31.6 Å². The summed E-state index contributed by atoms with van der Waals surface area (Å²) in [5, 5.41) is 1.42. The lowest BCUT2D eigenvalue weighted by atomic mass is 9.77. The maximum atomic E-state index is 12.4. The van der Waals surface area contributed by atoms with Gasteiger partial charge < -0.3 is 9.15 Å². The Balaban J connectivity index is 1.51. The van der Waals surface area contributed by atoms with Gasteiger partial charge in [-0.15, -0.1) is 0 Å². The minimum Gasteiger partial charge on any atom is -0.469 e. The van der Waals surface area contributed by atoms with Crippen LogP contribution in [0.5, 0.6) is 0 Å². The standard InChI is InChI=1S/C22H26N2O5/c1-27-21(26)18-14-20(25)24(28-2)22(18)9-11-23(12-10-22)15-16-6-3-4-7-17(16)19-8-5-13-29-19/h3-8,13,18H,9-12,14-15H2,1-2H3. The number of carbonyl (C=O) groups is 2. The molecule has 154 valence electrons. The fourth-order valence-electron chi connectivity index (χ4n) is 4.79. The van der Waals surface area contributed by atoms with Gasteiger partial charge in [-0.25, -0.2) is 5.06 Å². The second kappa shape index (κ2) is 8.00. The lowest BCUT2D eigenvalue weighted by molar-refractivity contribution is -0.210. The van der Waals surface area contributed by atoms with Gasteiger partial charge in [-0.2, -0.15) is 0 Å². The molecule has 2 aromatic rings. The summed E-state index contributed by atoms with van der Waals surface area (Å²) >= 11 is 0. The second-order valence-corrected chi connectivity index (χ2v) is 7.66. The minimum atomic E-state index is -0.629. The van der Waals surface area contributed by atoms with Crippen LogP contribution in [0.4, 0.5) is 0 Å². The van der Waals surface area contributed by atoms with Crippen molar-refractivity contribution in [3.8, 4) is 11.3 Å². The molecule has 1 amide bonds. The summed E-state index contributed by atoms with van der Waals surface area (Å²) in [6.45, 7) is 2.29. The van der Waals surface area contributed by atoms with Crippen molar-refractivity contribution >= 4 is 11.9 Å². The van der Waals surface area contributed by atoms with E-state index in [1.807, 2.05) is 24.3 Å². The third-order valence-electron chi connectivity index (χ3n) is 6.25. The van der Waals surface area contributed by atoms with Crippen molar-refractivity contribution in [2.45, 2.75) is 31.3 Å². The van der Waals surface area contributed by atoms with E-state index in [-0.39, 0.29) is 18.3 Å². The molecule has 1 spiro atoms. The number of methoxy groups -OCH3 is 1. The van der Waals surface area contributed by atoms with Crippen LogP contribution >= 0.6 is 0 Å². The van der Waals surface area contributed by atoms with Crippen molar-refractivity contribution in [2.24, 2.45) is 5.92 Å². The van der Waals surface area contributed by atoms with Crippen LogP contribution in [0, 0.1) is 5.92 Å². The van der Waals surface area contributed by atoms with E-state index >= 15 is 0 Å². The summed E-state index contributed by atoms with van der Waals surface area (Å²) in [5.74, 6) is -0.127. The van der Waals surface area contributed by atoms with Crippen LogP contribution in [0.25, 0.3) is 11.3 Å². The first kappa shape index (κ1) is 19.7. The number of hydroxylamine groups is 2. The lowest BCUT2D eigenvalue weighted by Crippen LogP contribution is -2.57. The third-order valence-corrected chi connectivity index (χ3v) is 6.25. The predicted molar refractivity (Wildman–Crippen MR) is 105 cm³/mol. The fraction of sp³-hybridized carbons (Fsp3) is 0.455. The van der Waals surface area contributed by atoms with E-state index in [9.17, 15) is 9.59 Å². The first-order valence-electron chi connectivity index (χ1n) is 9.88. The molecule has 0 radical (unpaired) electrons. The molecule has 0 aliphatic carbocycles. The van der Waals surface area contributed by atoms with Gasteiger partial charge >= 0.3 is 5.97 Å². The Morgan fingerprint density at radius 3 is 2.59 bits per heavy atom. The van der Waals surface area contributed by atoms with Crippen molar-refractivity contribution in [1.82, 2.24) is 9.96 Å². The highest BCUT2D eigenvalue weighted by atomic mass is 16.7. The molecule has 1 atom stereocenters. The van der Waals surface area contributed by atoms with E-state index in [2.05, 4.69) is 17.0 Å². The molecule has 2 saturated heterocycles. The summed E-state index contributed by atoms with van der Waals surface area (Å²) in [6.07, 6.45) is 3.15. The number of piperidine rings is 1. The number of furan rings is 1. The Morgan fingerprint density at radius 2 is 1.93 bits per heavy atom.